The molecule has 2 aromatic rings. The van der Waals surface area contributed by atoms with E-state index >= 15 is 0 Å². The van der Waals surface area contributed by atoms with Crippen molar-refractivity contribution in [2.24, 2.45) is 0 Å². The largest absolute Gasteiger partial charge is 0.480 e. The Kier molecular flexibility index (Phi) is 5.61. The highest BCUT2D eigenvalue weighted by Crippen LogP contribution is 2.41. The molecule has 3 rings (SSSR count). The highest BCUT2D eigenvalue weighted by molar-refractivity contribution is 8.01. The van der Waals surface area contributed by atoms with Crippen LogP contribution in [-0.4, -0.2) is 27.8 Å². The number of carbonyl (C=O) groups is 2. The van der Waals surface area contributed by atoms with E-state index in [0.29, 0.717) is 0 Å². The molecule has 2 N–H and O–H groups in total. The number of hydrogen-bond donors (Lipinski definition) is 2. The van der Waals surface area contributed by atoms with Crippen LogP contribution in [-0.2, 0) is 22.4 Å². The first-order valence-corrected chi connectivity index (χ1v) is 9.98. The highest BCUT2D eigenvalue weighted by atomic mass is 32.2. The fourth-order valence-corrected chi connectivity index (χ4v) is 4.57. The number of benzene rings is 2. The van der Waals surface area contributed by atoms with E-state index in [2.05, 4.69) is 17.4 Å². The molecule has 5 heteroatoms. The fraction of sp³-hybridized carbons (Fsp3) is 0.364. The lowest BCUT2D eigenvalue weighted by molar-refractivity contribution is -0.138. The van der Waals surface area contributed by atoms with Crippen molar-refractivity contribution in [1.29, 1.82) is 0 Å². The van der Waals surface area contributed by atoms with Gasteiger partial charge in [-0.15, -0.1) is 11.8 Å². The third kappa shape index (κ3) is 4.53. The SMILES string of the molecule is CC(=O)NC1CCc2cc(SC(C)(C)C(=O)O)c(-c3ccccc3)cc2C1. The molecule has 1 unspecified atom stereocenters. The van der Waals surface area contributed by atoms with Gasteiger partial charge in [0.15, 0.2) is 0 Å². The molecule has 0 spiro atoms. The van der Waals surface area contributed by atoms with Crippen molar-refractivity contribution < 1.29 is 14.7 Å². The lowest BCUT2D eigenvalue weighted by Gasteiger charge is -2.28. The predicted molar refractivity (Wildman–Crippen MR) is 109 cm³/mol. The highest BCUT2D eigenvalue weighted by Gasteiger charge is 2.30. The Balaban J connectivity index is 2.03. The number of amides is 1. The molecule has 2 aromatic carbocycles. The van der Waals surface area contributed by atoms with E-state index in [0.717, 1.165) is 35.3 Å². The van der Waals surface area contributed by atoms with E-state index in [1.807, 2.05) is 30.3 Å². The van der Waals surface area contributed by atoms with Crippen molar-refractivity contribution in [1.82, 2.24) is 5.32 Å². The number of aryl methyl sites for hydroxylation is 1. The molecule has 0 saturated heterocycles. The summed E-state index contributed by atoms with van der Waals surface area (Å²) in [7, 11) is 0. The standard InChI is InChI=1S/C22H25NO3S/c1-14(24)23-18-10-9-16-13-20(27-22(2,3)21(25)26)19(12-17(16)11-18)15-7-5-4-6-8-15/h4-8,12-13,18H,9-11H2,1-3H3,(H,23,24)(H,25,26). The molecule has 0 bridgehead atoms. The predicted octanol–water partition coefficient (Wildman–Crippen LogP) is 4.30. The van der Waals surface area contributed by atoms with Crippen LogP contribution in [0.2, 0.25) is 0 Å². The van der Waals surface area contributed by atoms with Gasteiger partial charge in [-0.1, -0.05) is 30.3 Å². The zero-order valence-corrected chi connectivity index (χ0v) is 16.7. The molecule has 1 atom stereocenters. The van der Waals surface area contributed by atoms with E-state index in [4.69, 9.17) is 0 Å². The molecule has 1 aliphatic rings. The summed E-state index contributed by atoms with van der Waals surface area (Å²) in [5, 5.41) is 12.6. The van der Waals surface area contributed by atoms with Crippen molar-refractivity contribution in [3.05, 3.63) is 53.6 Å². The number of fused-ring (bicyclic) bond motifs is 1. The number of aliphatic carboxylic acids is 1. The molecule has 0 aliphatic heterocycles. The van der Waals surface area contributed by atoms with Crippen LogP contribution in [0.4, 0.5) is 0 Å². The summed E-state index contributed by atoms with van der Waals surface area (Å²) in [6, 6.07) is 14.5. The van der Waals surface area contributed by atoms with Crippen molar-refractivity contribution in [3.63, 3.8) is 0 Å². The topological polar surface area (TPSA) is 66.4 Å². The summed E-state index contributed by atoms with van der Waals surface area (Å²) in [6.45, 7) is 5.03. The maximum Gasteiger partial charge on any atom is 0.319 e. The van der Waals surface area contributed by atoms with Gasteiger partial charge in [0, 0.05) is 17.9 Å². The summed E-state index contributed by atoms with van der Waals surface area (Å²) in [5.74, 6) is -0.822. The molecule has 1 aliphatic carbocycles. The smallest absolute Gasteiger partial charge is 0.319 e. The summed E-state index contributed by atoms with van der Waals surface area (Å²) in [5.41, 5.74) is 4.61. The molecule has 0 aromatic heterocycles. The van der Waals surface area contributed by atoms with Crippen LogP contribution in [0.3, 0.4) is 0 Å². The van der Waals surface area contributed by atoms with Crippen LogP contribution in [0.5, 0.6) is 0 Å². The molecule has 0 heterocycles. The van der Waals surface area contributed by atoms with Crippen LogP contribution in [0.15, 0.2) is 47.4 Å². The lowest BCUT2D eigenvalue weighted by atomic mass is 9.86. The van der Waals surface area contributed by atoms with Gasteiger partial charge in [0.05, 0.1) is 0 Å². The lowest BCUT2D eigenvalue weighted by Crippen LogP contribution is -2.37. The van der Waals surface area contributed by atoms with Crippen LogP contribution >= 0.6 is 11.8 Å². The normalized spacial score (nSPS) is 16.5. The summed E-state index contributed by atoms with van der Waals surface area (Å²) >= 11 is 1.39. The Morgan fingerprint density at radius 2 is 1.85 bits per heavy atom. The van der Waals surface area contributed by atoms with Crippen molar-refractivity contribution in [2.45, 2.75) is 55.7 Å². The molecule has 27 heavy (non-hydrogen) atoms. The molecule has 0 fully saturated rings. The third-order valence-electron chi connectivity index (χ3n) is 4.90. The maximum atomic E-state index is 11.6. The molecule has 1 amide bonds. The number of carbonyl (C=O) groups excluding carboxylic acids is 1. The van der Waals surface area contributed by atoms with E-state index < -0.39 is 10.7 Å². The fourth-order valence-electron chi connectivity index (χ4n) is 3.44. The van der Waals surface area contributed by atoms with E-state index in [-0.39, 0.29) is 11.9 Å². The van der Waals surface area contributed by atoms with Crippen molar-refractivity contribution >= 4 is 23.6 Å². The summed E-state index contributed by atoms with van der Waals surface area (Å²) in [6.07, 6.45) is 2.60. The minimum absolute atomic E-state index is 0.00196. The molecular formula is C22H25NO3S. The van der Waals surface area contributed by atoms with Crippen LogP contribution in [0, 0.1) is 0 Å². The minimum atomic E-state index is -0.912. The quantitative estimate of drug-likeness (QED) is 0.756. The van der Waals surface area contributed by atoms with Crippen molar-refractivity contribution in [2.75, 3.05) is 0 Å². The van der Waals surface area contributed by atoms with Gasteiger partial charge in [0.1, 0.15) is 4.75 Å². The van der Waals surface area contributed by atoms with Gasteiger partial charge in [-0.2, -0.15) is 0 Å². The number of carboxylic acids is 1. The zero-order chi connectivity index (χ0) is 19.6. The Morgan fingerprint density at radius 1 is 1.15 bits per heavy atom. The second-order valence-electron chi connectivity index (χ2n) is 7.54. The first-order valence-electron chi connectivity index (χ1n) is 9.17. The Morgan fingerprint density at radius 3 is 2.48 bits per heavy atom. The molecule has 4 nitrogen and oxygen atoms in total. The summed E-state index contributed by atoms with van der Waals surface area (Å²) < 4.78 is -0.912. The second-order valence-corrected chi connectivity index (χ2v) is 9.21. The van der Waals surface area contributed by atoms with Crippen LogP contribution < -0.4 is 5.32 Å². The molecule has 0 saturated carbocycles. The number of hydrogen-bond acceptors (Lipinski definition) is 3. The van der Waals surface area contributed by atoms with Gasteiger partial charge in [-0.05, 0) is 67.5 Å². The molecule has 0 radical (unpaired) electrons. The van der Waals surface area contributed by atoms with Gasteiger partial charge in [-0.25, -0.2) is 0 Å². The van der Waals surface area contributed by atoms with Gasteiger partial charge in [-0.3, -0.25) is 9.59 Å². The van der Waals surface area contributed by atoms with E-state index in [1.165, 1.54) is 22.9 Å². The van der Waals surface area contributed by atoms with Gasteiger partial charge in [0.2, 0.25) is 5.91 Å². The Hall–Kier alpha value is -2.27. The monoisotopic (exact) mass is 383 g/mol. The van der Waals surface area contributed by atoms with E-state index in [9.17, 15) is 14.7 Å². The average molecular weight is 384 g/mol. The van der Waals surface area contributed by atoms with Gasteiger partial charge >= 0.3 is 5.97 Å². The number of carboxylic acid groups (broad SMARTS) is 1. The number of thioether (sulfide) groups is 1. The maximum absolute atomic E-state index is 11.6. The van der Waals surface area contributed by atoms with Crippen molar-refractivity contribution in [3.8, 4) is 11.1 Å². The first-order chi connectivity index (χ1) is 12.8. The van der Waals surface area contributed by atoms with Gasteiger partial charge in [0.25, 0.3) is 0 Å². The Labute approximate surface area is 164 Å². The number of rotatable bonds is 5. The Bertz CT molecular complexity index is 861. The number of nitrogens with one attached hydrogen (secondary N) is 1. The molecular weight excluding hydrogens is 358 g/mol. The second kappa shape index (κ2) is 7.77. The molecule has 142 valence electrons. The van der Waals surface area contributed by atoms with E-state index in [1.54, 1.807) is 20.8 Å². The van der Waals surface area contributed by atoms with Crippen LogP contribution in [0.1, 0.15) is 38.3 Å². The van der Waals surface area contributed by atoms with Crippen LogP contribution in [0.25, 0.3) is 11.1 Å². The third-order valence-corrected chi connectivity index (χ3v) is 6.15. The zero-order valence-electron chi connectivity index (χ0n) is 15.9. The minimum Gasteiger partial charge on any atom is -0.480 e. The summed E-state index contributed by atoms with van der Waals surface area (Å²) in [4.78, 5) is 24.1. The van der Waals surface area contributed by atoms with Gasteiger partial charge < -0.3 is 10.4 Å². The first kappa shape index (κ1) is 19.5. The average Bonchev–Trinajstić information content (AvgIpc) is 2.61.